The van der Waals surface area contributed by atoms with E-state index < -0.39 is 0 Å². The summed E-state index contributed by atoms with van der Waals surface area (Å²) in [6.07, 6.45) is 4.96. The zero-order chi connectivity index (χ0) is 11.4. The molecule has 0 unspecified atom stereocenters. The third kappa shape index (κ3) is 2.85. The van der Waals surface area contributed by atoms with Gasteiger partial charge in [-0.15, -0.1) is 0 Å². The number of halogens is 1. The van der Waals surface area contributed by atoms with Crippen LogP contribution in [0.3, 0.4) is 0 Å². The fourth-order valence-electron chi connectivity index (χ4n) is 1.49. The van der Waals surface area contributed by atoms with Gasteiger partial charge >= 0.3 is 0 Å². The van der Waals surface area contributed by atoms with Crippen LogP contribution in [0.25, 0.3) is 0 Å². The first kappa shape index (κ1) is 11.2. The van der Waals surface area contributed by atoms with Crippen molar-refractivity contribution in [3.05, 3.63) is 46.3 Å². The molecule has 2 aromatic heterocycles. The van der Waals surface area contributed by atoms with Crippen LogP contribution < -0.4 is 5.32 Å². The van der Waals surface area contributed by atoms with Crippen LogP contribution in [0.1, 0.15) is 11.3 Å². The highest BCUT2D eigenvalue weighted by Gasteiger charge is 1.98. The molecule has 0 aliphatic carbocycles. The number of aromatic nitrogens is 2. The Morgan fingerprint density at radius 1 is 1.38 bits per heavy atom. The van der Waals surface area contributed by atoms with Crippen molar-refractivity contribution in [2.24, 2.45) is 0 Å². The van der Waals surface area contributed by atoms with E-state index >= 15 is 0 Å². The fourth-order valence-corrected chi connectivity index (χ4v) is 1.71. The minimum absolute atomic E-state index is 0.895. The zero-order valence-electron chi connectivity index (χ0n) is 9.13. The topological polar surface area (TPSA) is 40.7 Å². The lowest BCUT2D eigenvalue weighted by Gasteiger charge is -2.06. The Kier molecular flexibility index (Phi) is 3.62. The number of nitrogens with one attached hydrogen (secondary N) is 2. The zero-order valence-corrected chi connectivity index (χ0v) is 10.7. The largest absolute Gasteiger partial charge is 0.370 e. The second-order valence-electron chi connectivity index (χ2n) is 3.66. The van der Waals surface area contributed by atoms with Crippen LogP contribution in [0.4, 0.5) is 5.82 Å². The Hall–Kier alpha value is -1.29. The van der Waals surface area contributed by atoms with Crippen molar-refractivity contribution in [2.45, 2.75) is 13.3 Å². The number of pyridine rings is 1. The smallest absolute Gasteiger partial charge is 0.126 e. The number of aryl methyl sites for hydroxylation is 1. The third-order valence-electron chi connectivity index (χ3n) is 2.40. The minimum atomic E-state index is 0.895. The molecule has 0 aliphatic heterocycles. The van der Waals surface area contributed by atoms with E-state index in [0.29, 0.717) is 0 Å². The van der Waals surface area contributed by atoms with Crippen LogP contribution >= 0.6 is 15.9 Å². The van der Waals surface area contributed by atoms with Crippen molar-refractivity contribution >= 4 is 21.7 Å². The van der Waals surface area contributed by atoms with Gasteiger partial charge in [-0.1, -0.05) is 0 Å². The maximum Gasteiger partial charge on any atom is 0.126 e. The summed E-state index contributed by atoms with van der Waals surface area (Å²) in [7, 11) is 0. The number of hydrogen-bond acceptors (Lipinski definition) is 2. The number of hydrogen-bond donors (Lipinski definition) is 2. The Balaban J connectivity index is 1.87. The summed E-state index contributed by atoms with van der Waals surface area (Å²) < 4.78 is 1.05. The Morgan fingerprint density at radius 2 is 2.25 bits per heavy atom. The number of nitrogens with zero attached hydrogens (tertiary/aromatic N) is 1. The summed E-state index contributed by atoms with van der Waals surface area (Å²) in [5.74, 6) is 0.927. The molecule has 0 fully saturated rings. The van der Waals surface area contributed by atoms with E-state index in [4.69, 9.17) is 0 Å². The van der Waals surface area contributed by atoms with Crippen molar-refractivity contribution in [3.8, 4) is 0 Å². The van der Waals surface area contributed by atoms with Gasteiger partial charge in [0.25, 0.3) is 0 Å². The summed E-state index contributed by atoms with van der Waals surface area (Å²) in [6.45, 7) is 2.88. The highest BCUT2D eigenvalue weighted by molar-refractivity contribution is 9.10. The van der Waals surface area contributed by atoms with E-state index in [-0.39, 0.29) is 0 Å². The molecule has 0 saturated carbocycles. The monoisotopic (exact) mass is 279 g/mol. The van der Waals surface area contributed by atoms with E-state index in [1.165, 1.54) is 5.56 Å². The summed E-state index contributed by atoms with van der Waals surface area (Å²) in [5.41, 5.74) is 2.31. The standard InChI is InChI=1S/C12H14BrN3/c1-9-11(13)2-3-12(16-9)15-7-5-10-4-6-14-8-10/h2-4,6,8,14H,5,7H2,1H3,(H,15,16). The molecule has 0 atom stereocenters. The van der Waals surface area contributed by atoms with Gasteiger partial charge in [-0.2, -0.15) is 0 Å². The van der Waals surface area contributed by atoms with E-state index in [0.717, 1.165) is 29.0 Å². The van der Waals surface area contributed by atoms with E-state index in [1.807, 2.05) is 31.5 Å². The molecular weight excluding hydrogens is 266 g/mol. The number of aromatic amines is 1. The van der Waals surface area contributed by atoms with Gasteiger partial charge in [0.1, 0.15) is 5.82 Å². The Bertz CT molecular complexity index is 451. The van der Waals surface area contributed by atoms with Gasteiger partial charge in [-0.25, -0.2) is 4.98 Å². The van der Waals surface area contributed by atoms with Crippen LogP contribution in [0.5, 0.6) is 0 Å². The van der Waals surface area contributed by atoms with Gasteiger partial charge in [0.2, 0.25) is 0 Å². The van der Waals surface area contributed by atoms with Crippen LogP contribution in [0.15, 0.2) is 35.1 Å². The lowest BCUT2D eigenvalue weighted by Crippen LogP contribution is -2.06. The van der Waals surface area contributed by atoms with Gasteiger partial charge in [0, 0.05) is 23.4 Å². The fraction of sp³-hybridized carbons (Fsp3) is 0.250. The first-order valence-corrected chi connectivity index (χ1v) is 6.04. The molecule has 4 heteroatoms. The number of rotatable bonds is 4. The summed E-state index contributed by atoms with van der Waals surface area (Å²) in [5, 5.41) is 3.31. The SMILES string of the molecule is Cc1nc(NCCc2cc[nH]c2)ccc1Br. The molecular formula is C12H14BrN3. The van der Waals surface area contributed by atoms with Crippen LogP contribution in [0, 0.1) is 6.92 Å². The second-order valence-corrected chi connectivity index (χ2v) is 4.51. The average Bonchev–Trinajstić information content (AvgIpc) is 2.76. The predicted octanol–water partition coefficient (Wildman–Crippen LogP) is 3.14. The van der Waals surface area contributed by atoms with Crippen molar-refractivity contribution in [1.29, 1.82) is 0 Å². The average molecular weight is 280 g/mol. The Labute approximate surface area is 103 Å². The molecule has 0 spiro atoms. The lowest BCUT2D eigenvalue weighted by molar-refractivity contribution is 1.00. The second kappa shape index (κ2) is 5.16. The number of H-pyrrole nitrogens is 1. The predicted molar refractivity (Wildman–Crippen MR) is 69.7 cm³/mol. The third-order valence-corrected chi connectivity index (χ3v) is 3.24. The summed E-state index contributed by atoms with van der Waals surface area (Å²) >= 11 is 3.43. The molecule has 0 bridgehead atoms. The van der Waals surface area contributed by atoms with Crippen LogP contribution in [-0.4, -0.2) is 16.5 Å². The summed E-state index contributed by atoms with van der Waals surface area (Å²) in [4.78, 5) is 7.47. The van der Waals surface area contributed by atoms with Crippen molar-refractivity contribution in [2.75, 3.05) is 11.9 Å². The van der Waals surface area contributed by atoms with Gasteiger partial charge < -0.3 is 10.3 Å². The Morgan fingerprint density at radius 3 is 2.94 bits per heavy atom. The highest BCUT2D eigenvalue weighted by atomic mass is 79.9. The molecule has 0 aliphatic rings. The molecule has 16 heavy (non-hydrogen) atoms. The van der Waals surface area contributed by atoms with E-state index in [9.17, 15) is 0 Å². The molecule has 0 aromatic carbocycles. The molecule has 84 valence electrons. The first-order valence-electron chi connectivity index (χ1n) is 5.24. The molecule has 2 heterocycles. The molecule has 2 aromatic rings. The molecule has 2 N–H and O–H groups in total. The number of anilines is 1. The first-order chi connectivity index (χ1) is 7.75. The van der Waals surface area contributed by atoms with Gasteiger partial charge in [0.15, 0.2) is 0 Å². The van der Waals surface area contributed by atoms with Gasteiger partial charge in [-0.3, -0.25) is 0 Å². The van der Waals surface area contributed by atoms with Crippen molar-refractivity contribution in [3.63, 3.8) is 0 Å². The molecule has 2 rings (SSSR count). The highest BCUT2D eigenvalue weighted by Crippen LogP contribution is 2.16. The molecule has 3 nitrogen and oxygen atoms in total. The van der Waals surface area contributed by atoms with E-state index in [1.54, 1.807) is 0 Å². The maximum atomic E-state index is 4.43. The summed E-state index contributed by atoms with van der Waals surface area (Å²) in [6, 6.07) is 6.08. The lowest BCUT2D eigenvalue weighted by atomic mass is 10.2. The van der Waals surface area contributed by atoms with Gasteiger partial charge in [0.05, 0.1) is 5.69 Å². The maximum absolute atomic E-state index is 4.43. The molecule has 0 amide bonds. The minimum Gasteiger partial charge on any atom is -0.370 e. The quantitative estimate of drug-likeness (QED) is 0.903. The van der Waals surface area contributed by atoms with Crippen molar-refractivity contribution < 1.29 is 0 Å². The van der Waals surface area contributed by atoms with Crippen LogP contribution in [-0.2, 0) is 6.42 Å². The van der Waals surface area contributed by atoms with Crippen molar-refractivity contribution in [1.82, 2.24) is 9.97 Å². The van der Waals surface area contributed by atoms with E-state index in [2.05, 4.69) is 37.3 Å². The normalized spacial score (nSPS) is 10.4. The molecule has 0 saturated heterocycles. The van der Waals surface area contributed by atoms with Crippen LogP contribution in [0.2, 0.25) is 0 Å². The van der Waals surface area contributed by atoms with Gasteiger partial charge in [-0.05, 0) is 53.0 Å². The molecule has 0 radical (unpaired) electrons.